The van der Waals surface area contributed by atoms with Gasteiger partial charge in [-0.25, -0.2) is 9.59 Å². The molecule has 0 saturated heterocycles. The van der Waals surface area contributed by atoms with Gasteiger partial charge >= 0.3 is 11.9 Å². The monoisotopic (exact) mass is 466 g/mol. The van der Waals surface area contributed by atoms with E-state index in [9.17, 15) is 9.59 Å². The van der Waals surface area contributed by atoms with E-state index >= 15 is 0 Å². The summed E-state index contributed by atoms with van der Waals surface area (Å²) in [6.07, 6.45) is 26.9. The lowest BCUT2D eigenvalue weighted by molar-refractivity contribution is -0.138. The average Bonchev–Trinajstić information content (AvgIpc) is 2.83. The highest BCUT2D eigenvalue weighted by Crippen LogP contribution is 2.11. The largest absolute Gasteiger partial charge is 0.463 e. The fourth-order valence-electron chi connectivity index (χ4n) is 3.47. The van der Waals surface area contributed by atoms with E-state index in [0.29, 0.717) is 13.2 Å². The molecule has 0 aromatic rings. The summed E-state index contributed by atoms with van der Waals surface area (Å²) < 4.78 is 9.80. The lowest BCUT2D eigenvalue weighted by Crippen LogP contribution is -2.01. The molecule has 0 saturated carbocycles. The molecule has 0 amide bonds. The molecule has 0 aliphatic carbocycles. The maximum absolute atomic E-state index is 10.8. The molecule has 0 spiro atoms. The molecule has 0 radical (unpaired) electrons. The Hall–Kier alpha value is -1.58. The van der Waals surface area contributed by atoms with E-state index in [0.717, 1.165) is 19.3 Å². The van der Waals surface area contributed by atoms with Crippen LogP contribution in [0, 0.1) is 0 Å². The van der Waals surface area contributed by atoms with E-state index in [1.165, 1.54) is 115 Å². The lowest BCUT2D eigenvalue weighted by Gasteiger charge is -2.03. The third-order valence-electron chi connectivity index (χ3n) is 5.57. The first kappa shape index (κ1) is 33.6. The van der Waals surface area contributed by atoms with Gasteiger partial charge in [0, 0.05) is 12.2 Å². The first-order chi connectivity index (χ1) is 16.1. The van der Waals surface area contributed by atoms with Gasteiger partial charge in [-0.15, -0.1) is 0 Å². The van der Waals surface area contributed by atoms with Crippen molar-refractivity contribution in [3.8, 4) is 0 Å². The third-order valence-corrected chi connectivity index (χ3v) is 5.57. The SMILES string of the molecule is C=CC(=O)OCCCCCCCCCC.C=CC(=O)OCCCCCCCCCCCCC. The molecule has 0 aliphatic rings. The van der Waals surface area contributed by atoms with E-state index in [1.807, 2.05) is 0 Å². The second-order valence-corrected chi connectivity index (χ2v) is 8.75. The average molecular weight is 467 g/mol. The molecule has 4 heteroatoms. The van der Waals surface area contributed by atoms with Crippen LogP contribution in [0.25, 0.3) is 0 Å². The quantitative estimate of drug-likeness (QED) is 0.0857. The first-order valence-electron chi connectivity index (χ1n) is 13.7. The van der Waals surface area contributed by atoms with Crippen LogP contribution >= 0.6 is 0 Å². The van der Waals surface area contributed by atoms with Gasteiger partial charge < -0.3 is 9.47 Å². The zero-order valence-electron chi connectivity index (χ0n) is 22.1. The molecule has 0 aliphatic heterocycles. The summed E-state index contributed by atoms with van der Waals surface area (Å²) in [5.74, 6) is -0.611. The first-order valence-corrected chi connectivity index (χ1v) is 13.7. The van der Waals surface area contributed by atoms with Crippen molar-refractivity contribution in [1.82, 2.24) is 0 Å². The normalized spacial score (nSPS) is 10.1. The fourth-order valence-corrected chi connectivity index (χ4v) is 3.47. The summed E-state index contributed by atoms with van der Waals surface area (Å²) >= 11 is 0. The Morgan fingerprint density at radius 1 is 0.485 bits per heavy atom. The van der Waals surface area contributed by atoms with Gasteiger partial charge in [0.25, 0.3) is 0 Å². The van der Waals surface area contributed by atoms with Crippen molar-refractivity contribution in [3.05, 3.63) is 25.3 Å². The topological polar surface area (TPSA) is 52.6 Å². The van der Waals surface area contributed by atoms with E-state index < -0.39 is 0 Å². The van der Waals surface area contributed by atoms with Crippen molar-refractivity contribution in [2.75, 3.05) is 13.2 Å². The van der Waals surface area contributed by atoms with Gasteiger partial charge in [-0.3, -0.25) is 0 Å². The molecule has 0 fully saturated rings. The van der Waals surface area contributed by atoms with Gasteiger partial charge in [0.05, 0.1) is 13.2 Å². The van der Waals surface area contributed by atoms with E-state index in [-0.39, 0.29) is 11.9 Å². The Morgan fingerprint density at radius 2 is 0.727 bits per heavy atom. The summed E-state index contributed by atoms with van der Waals surface area (Å²) in [4.78, 5) is 21.4. The minimum Gasteiger partial charge on any atom is -0.463 e. The molecule has 0 atom stereocenters. The Bertz CT molecular complexity index is 445. The molecular formula is C29H54O4. The molecule has 0 N–H and O–H groups in total. The summed E-state index contributed by atoms with van der Waals surface area (Å²) in [5.41, 5.74) is 0. The predicted octanol–water partition coefficient (Wildman–Crippen LogP) is 8.88. The molecule has 0 rings (SSSR count). The third kappa shape index (κ3) is 32.7. The van der Waals surface area contributed by atoms with Gasteiger partial charge in [0.2, 0.25) is 0 Å². The Morgan fingerprint density at radius 3 is 0.970 bits per heavy atom. The fraction of sp³-hybridized carbons (Fsp3) is 0.793. The Kier molecular flexibility index (Phi) is 31.0. The molecule has 0 bridgehead atoms. The van der Waals surface area contributed by atoms with Crippen molar-refractivity contribution in [2.45, 2.75) is 136 Å². The van der Waals surface area contributed by atoms with Crippen molar-refractivity contribution < 1.29 is 19.1 Å². The lowest BCUT2D eigenvalue weighted by atomic mass is 10.1. The Labute approximate surface area is 205 Å². The van der Waals surface area contributed by atoms with E-state index in [4.69, 9.17) is 9.47 Å². The van der Waals surface area contributed by atoms with Crippen LogP contribution in [0.5, 0.6) is 0 Å². The number of esters is 2. The molecule has 194 valence electrons. The number of hydrogen-bond acceptors (Lipinski definition) is 4. The highest BCUT2D eigenvalue weighted by Gasteiger charge is 1.97. The van der Waals surface area contributed by atoms with Crippen LogP contribution in [-0.4, -0.2) is 25.2 Å². The molecule has 33 heavy (non-hydrogen) atoms. The van der Waals surface area contributed by atoms with Gasteiger partial charge in [-0.2, -0.15) is 0 Å². The molecular weight excluding hydrogens is 412 g/mol. The summed E-state index contributed by atoms with van der Waals surface area (Å²) in [6, 6.07) is 0. The van der Waals surface area contributed by atoms with Crippen LogP contribution < -0.4 is 0 Å². The summed E-state index contributed by atoms with van der Waals surface area (Å²) in [6.45, 7) is 12.3. The van der Waals surface area contributed by atoms with Crippen LogP contribution in [0.4, 0.5) is 0 Å². The summed E-state index contributed by atoms with van der Waals surface area (Å²) in [5, 5.41) is 0. The van der Waals surface area contributed by atoms with Crippen LogP contribution in [0.3, 0.4) is 0 Å². The minimum atomic E-state index is -0.307. The number of ether oxygens (including phenoxy) is 2. The second kappa shape index (κ2) is 30.4. The molecule has 0 heterocycles. The zero-order chi connectivity index (χ0) is 24.8. The van der Waals surface area contributed by atoms with E-state index in [2.05, 4.69) is 27.0 Å². The molecule has 0 unspecified atom stereocenters. The maximum Gasteiger partial charge on any atom is 0.330 e. The van der Waals surface area contributed by atoms with Crippen LogP contribution in [0.15, 0.2) is 25.3 Å². The van der Waals surface area contributed by atoms with Crippen molar-refractivity contribution >= 4 is 11.9 Å². The highest BCUT2D eigenvalue weighted by molar-refractivity contribution is 5.81. The van der Waals surface area contributed by atoms with Gasteiger partial charge in [0.15, 0.2) is 0 Å². The van der Waals surface area contributed by atoms with Crippen molar-refractivity contribution in [3.63, 3.8) is 0 Å². The molecule has 0 aromatic carbocycles. The number of carbonyl (C=O) groups excluding carboxylic acids is 2. The van der Waals surface area contributed by atoms with Gasteiger partial charge in [0.1, 0.15) is 0 Å². The number of hydrogen-bond donors (Lipinski definition) is 0. The van der Waals surface area contributed by atoms with Crippen molar-refractivity contribution in [2.24, 2.45) is 0 Å². The number of carbonyl (C=O) groups is 2. The zero-order valence-corrected chi connectivity index (χ0v) is 22.1. The molecule has 4 nitrogen and oxygen atoms in total. The van der Waals surface area contributed by atoms with Crippen LogP contribution in [0.1, 0.15) is 136 Å². The Balaban J connectivity index is 0. The van der Waals surface area contributed by atoms with Crippen molar-refractivity contribution in [1.29, 1.82) is 0 Å². The van der Waals surface area contributed by atoms with Crippen LogP contribution in [-0.2, 0) is 19.1 Å². The minimum absolute atomic E-state index is 0.304. The van der Waals surface area contributed by atoms with Gasteiger partial charge in [-0.05, 0) is 12.8 Å². The second-order valence-electron chi connectivity index (χ2n) is 8.75. The predicted molar refractivity (Wildman–Crippen MR) is 141 cm³/mol. The summed E-state index contributed by atoms with van der Waals surface area (Å²) in [7, 11) is 0. The molecule has 0 aromatic heterocycles. The van der Waals surface area contributed by atoms with Crippen LogP contribution in [0.2, 0.25) is 0 Å². The maximum atomic E-state index is 10.8. The highest BCUT2D eigenvalue weighted by atomic mass is 16.5. The van der Waals surface area contributed by atoms with E-state index in [1.54, 1.807) is 0 Å². The van der Waals surface area contributed by atoms with Gasteiger partial charge in [-0.1, -0.05) is 136 Å². The number of unbranched alkanes of at least 4 members (excludes halogenated alkanes) is 17. The standard InChI is InChI=1S/C16H30O2.C13H24O2/c1-3-5-6-7-8-9-10-11-12-13-14-15-18-16(17)4-2;1-3-5-6-7-8-9-10-11-12-15-13(14)4-2/h4H,2-3,5-15H2,1H3;4H,2-3,5-12H2,1H3. The number of rotatable bonds is 23. The smallest absolute Gasteiger partial charge is 0.330 e.